The highest BCUT2D eigenvalue weighted by atomic mass is 35.5. The zero-order valence-corrected chi connectivity index (χ0v) is 9.86. The SMILES string of the molecule is Cc1cnoc1-c1c(Cl)ccc(C)c1Cl. The number of halogens is 2. The average Bonchev–Trinajstić information content (AvgIpc) is 2.60. The molecule has 0 saturated carbocycles. The second kappa shape index (κ2) is 3.87. The number of benzene rings is 1. The maximum Gasteiger partial charge on any atom is 0.172 e. The fourth-order valence-electron chi connectivity index (χ4n) is 1.40. The van der Waals surface area contributed by atoms with Crippen LogP contribution in [-0.4, -0.2) is 5.16 Å². The maximum atomic E-state index is 6.19. The average molecular weight is 242 g/mol. The van der Waals surface area contributed by atoms with Gasteiger partial charge in [0.25, 0.3) is 0 Å². The number of hydrogen-bond acceptors (Lipinski definition) is 2. The van der Waals surface area contributed by atoms with Gasteiger partial charge in [-0.05, 0) is 25.5 Å². The fourth-order valence-corrected chi connectivity index (χ4v) is 1.94. The van der Waals surface area contributed by atoms with E-state index >= 15 is 0 Å². The zero-order chi connectivity index (χ0) is 11.0. The number of nitrogens with zero attached hydrogens (tertiary/aromatic N) is 1. The Hall–Kier alpha value is -0.990. The minimum Gasteiger partial charge on any atom is -0.356 e. The summed E-state index contributed by atoms with van der Waals surface area (Å²) >= 11 is 12.3. The first kappa shape index (κ1) is 10.5. The monoisotopic (exact) mass is 241 g/mol. The summed E-state index contributed by atoms with van der Waals surface area (Å²) in [6, 6.07) is 3.68. The molecule has 0 radical (unpaired) electrons. The molecule has 2 aromatic rings. The van der Waals surface area contributed by atoms with Crippen LogP contribution >= 0.6 is 23.2 Å². The molecule has 0 aliphatic heterocycles. The van der Waals surface area contributed by atoms with E-state index in [1.165, 1.54) is 0 Å². The Morgan fingerprint density at radius 2 is 1.87 bits per heavy atom. The molecule has 0 saturated heterocycles. The van der Waals surface area contributed by atoms with Crippen molar-refractivity contribution in [2.75, 3.05) is 0 Å². The topological polar surface area (TPSA) is 26.0 Å². The van der Waals surface area contributed by atoms with Crippen LogP contribution in [0.4, 0.5) is 0 Å². The third-order valence-corrected chi connectivity index (χ3v) is 3.06. The third kappa shape index (κ3) is 1.75. The molecule has 1 heterocycles. The molecular formula is C11H9Cl2NO. The number of aromatic nitrogens is 1. The first-order valence-electron chi connectivity index (χ1n) is 4.47. The van der Waals surface area contributed by atoms with Crippen LogP contribution in [0, 0.1) is 13.8 Å². The van der Waals surface area contributed by atoms with E-state index in [9.17, 15) is 0 Å². The van der Waals surface area contributed by atoms with Gasteiger partial charge >= 0.3 is 0 Å². The van der Waals surface area contributed by atoms with Crippen LogP contribution in [-0.2, 0) is 0 Å². The van der Waals surface area contributed by atoms with Crippen molar-refractivity contribution in [1.82, 2.24) is 5.16 Å². The highest BCUT2D eigenvalue weighted by Crippen LogP contribution is 2.37. The summed E-state index contributed by atoms with van der Waals surface area (Å²) in [4.78, 5) is 0. The van der Waals surface area contributed by atoms with Crippen LogP contribution in [0.1, 0.15) is 11.1 Å². The zero-order valence-electron chi connectivity index (χ0n) is 8.34. The van der Waals surface area contributed by atoms with Crippen molar-refractivity contribution in [3.63, 3.8) is 0 Å². The molecule has 1 aromatic heterocycles. The van der Waals surface area contributed by atoms with Gasteiger partial charge in [0.1, 0.15) is 0 Å². The lowest BCUT2D eigenvalue weighted by Crippen LogP contribution is -1.85. The second-order valence-electron chi connectivity index (χ2n) is 3.39. The first-order chi connectivity index (χ1) is 7.11. The summed E-state index contributed by atoms with van der Waals surface area (Å²) in [6.07, 6.45) is 1.64. The minimum atomic E-state index is 0.574. The summed E-state index contributed by atoms with van der Waals surface area (Å²) in [5.74, 6) is 0.633. The number of aryl methyl sites for hydroxylation is 2. The van der Waals surface area contributed by atoms with Gasteiger partial charge in [0.05, 0.1) is 21.8 Å². The van der Waals surface area contributed by atoms with Gasteiger partial charge in [-0.25, -0.2) is 0 Å². The number of hydrogen-bond donors (Lipinski definition) is 0. The highest BCUT2D eigenvalue weighted by molar-refractivity contribution is 6.39. The lowest BCUT2D eigenvalue weighted by Gasteiger charge is -2.06. The van der Waals surface area contributed by atoms with Crippen LogP contribution in [0.2, 0.25) is 10.0 Å². The Morgan fingerprint density at radius 1 is 1.13 bits per heavy atom. The molecule has 0 N–H and O–H groups in total. The summed E-state index contributed by atoms with van der Waals surface area (Å²) < 4.78 is 5.15. The van der Waals surface area contributed by atoms with E-state index in [-0.39, 0.29) is 0 Å². The van der Waals surface area contributed by atoms with Crippen molar-refractivity contribution < 1.29 is 4.52 Å². The van der Waals surface area contributed by atoms with Gasteiger partial charge < -0.3 is 4.52 Å². The number of rotatable bonds is 1. The van der Waals surface area contributed by atoms with Gasteiger partial charge in [0.2, 0.25) is 0 Å². The molecule has 0 aliphatic carbocycles. The second-order valence-corrected chi connectivity index (χ2v) is 4.18. The van der Waals surface area contributed by atoms with E-state index < -0.39 is 0 Å². The van der Waals surface area contributed by atoms with Crippen molar-refractivity contribution >= 4 is 23.2 Å². The van der Waals surface area contributed by atoms with Gasteiger partial charge in [-0.15, -0.1) is 0 Å². The Bertz CT molecular complexity index is 505. The molecule has 4 heteroatoms. The molecule has 0 spiro atoms. The molecule has 1 aromatic carbocycles. The van der Waals surface area contributed by atoms with Gasteiger partial charge in [0, 0.05) is 5.56 Å². The highest BCUT2D eigenvalue weighted by Gasteiger charge is 2.16. The first-order valence-corrected chi connectivity index (χ1v) is 5.23. The van der Waals surface area contributed by atoms with E-state index in [4.69, 9.17) is 27.7 Å². The van der Waals surface area contributed by atoms with E-state index in [0.717, 1.165) is 11.1 Å². The minimum absolute atomic E-state index is 0.574. The Morgan fingerprint density at radius 3 is 2.47 bits per heavy atom. The molecule has 0 bridgehead atoms. The molecule has 0 fully saturated rings. The van der Waals surface area contributed by atoms with Gasteiger partial charge in [-0.3, -0.25) is 0 Å². The summed E-state index contributed by atoms with van der Waals surface area (Å²) in [5, 5.41) is 4.91. The molecule has 0 aliphatic rings. The van der Waals surface area contributed by atoms with E-state index in [1.807, 2.05) is 19.9 Å². The van der Waals surface area contributed by atoms with E-state index in [2.05, 4.69) is 5.16 Å². The smallest absolute Gasteiger partial charge is 0.172 e. The molecule has 15 heavy (non-hydrogen) atoms. The van der Waals surface area contributed by atoms with Crippen LogP contribution in [0.3, 0.4) is 0 Å². The molecule has 0 atom stereocenters. The van der Waals surface area contributed by atoms with Crippen molar-refractivity contribution in [1.29, 1.82) is 0 Å². The molecule has 2 nitrogen and oxygen atoms in total. The van der Waals surface area contributed by atoms with Gasteiger partial charge in [-0.1, -0.05) is 34.4 Å². The van der Waals surface area contributed by atoms with Crippen molar-refractivity contribution in [2.45, 2.75) is 13.8 Å². The lowest BCUT2D eigenvalue weighted by atomic mass is 10.1. The van der Waals surface area contributed by atoms with Crippen LogP contribution in [0.25, 0.3) is 11.3 Å². The third-order valence-electron chi connectivity index (χ3n) is 2.26. The molecule has 78 valence electrons. The predicted octanol–water partition coefficient (Wildman–Crippen LogP) is 4.27. The lowest BCUT2D eigenvalue weighted by molar-refractivity contribution is 0.432. The predicted molar refractivity (Wildman–Crippen MR) is 61.4 cm³/mol. The fraction of sp³-hybridized carbons (Fsp3) is 0.182. The quantitative estimate of drug-likeness (QED) is 0.746. The van der Waals surface area contributed by atoms with E-state index in [1.54, 1.807) is 12.3 Å². The van der Waals surface area contributed by atoms with Gasteiger partial charge in [-0.2, -0.15) is 0 Å². The molecular weight excluding hydrogens is 233 g/mol. The van der Waals surface area contributed by atoms with Gasteiger partial charge in [0.15, 0.2) is 5.76 Å². The van der Waals surface area contributed by atoms with Crippen molar-refractivity contribution in [3.05, 3.63) is 39.5 Å². The van der Waals surface area contributed by atoms with Crippen LogP contribution in [0.5, 0.6) is 0 Å². The Labute approximate surface area is 97.8 Å². The van der Waals surface area contributed by atoms with E-state index in [0.29, 0.717) is 21.4 Å². The molecule has 0 amide bonds. The normalized spacial score (nSPS) is 10.7. The summed E-state index contributed by atoms with van der Waals surface area (Å²) in [5.41, 5.74) is 2.60. The largest absolute Gasteiger partial charge is 0.356 e. The standard InChI is InChI=1S/C11H9Cl2NO/c1-6-3-4-8(12)9(10(6)13)11-7(2)5-14-15-11/h3-5H,1-2H3. The van der Waals surface area contributed by atoms with Crippen molar-refractivity contribution in [2.24, 2.45) is 0 Å². The van der Waals surface area contributed by atoms with Crippen molar-refractivity contribution in [3.8, 4) is 11.3 Å². The molecule has 2 rings (SSSR count). The molecule has 0 unspecified atom stereocenters. The van der Waals surface area contributed by atoms with Crippen LogP contribution in [0.15, 0.2) is 22.9 Å². The summed E-state index contributed by atoms with van der Waals surface area (Å²) in [7, 11) is 0. The Kier molecular flexibility index (Phi) is 2.72. The van der Waals surface area contributed by atoms with Crippen LogP contribution < -0.4 is 0 Å². The summed E-state index contributed by atoms with van der Waals surface area (Å²) in [6.45, 7) is 3.83. The maximum absolute atomic E-state index is 6.19. The Balaban J connectivity index is 2.72.